The highest BCUT2D eigenvalue weighted by atomic mass is 16.4. The van der Waals surface area contributed by atoms with Gasteiger partial charge in [0.25, 0.3) is 0 Å². The normalized spacial score (nSPS) is 10.6. The van der Waals surface area contributed by atoms with Crippen molar-refractivity contribution in [1.29, 1.82) is 0 Å². The van der Waals surface area contributed by atoms with E-state index in [1.807, 2.05) is 0 Å². The molecule has 1 rings (SSSR count). The van der Waals surface area contributed by atoms with Crippen LogP contribution in [0.2, 0.25) is 0 Å². The molecular weight excluding hydrogens is 154 g/mol. The molecule has 0 saturated heterocycles. The number of aromatic amines is 1. The Balaban J connectivity index is 2.71. The van der Waals surface area contributed by atoms with E-state index in [9.17, 15) is 4.79 Å². The molecule has 1 aromatic rings. The molecule has 0 saturated carbocycles. The summed E-state index contributed by atoms with van der Waals surface area (Å²) in [6, 6.07) is 1.68. The van der Waals surface area contributed by atoms with Gasteiger partial charge in [0, 0.05) is 6.20 Å². The van der Waals surface area contributed by atoms with E-state index in [1.54, 1.807) is 12.3 Å². The first-order valence-corrected chi connectivity index (χ1v) is 4.00. The number of carbonyl (C=O) groups is 1. The summed E-state index contributed by atoms with van der Waals surface area (Å²) in [5.74, 6) is -0.340. The second kappa shape index (κ2) is 3.43. The van der Waals surface area contributed by atoms with Gasteiger partial charge in [-0.25, -0.2) is 4.79 Å². The fourth-order valence-electron chi connectivity index (χ4n) is 1.15. The van der Waals surface area contributed by atoms with E-state index in [-0.39, 0.29) is 5.69 Å². The van der Waals surface area contributed by atoms with Gasteiger partial charge in [-0.3, -0.25) is 0 Å². The number of H-pyrrole nitrogens is 1. The molecule has 3 heteroatoms. The molecule has 0 aliphatic rings. The van der Waals surface area contributed by atoms with Gasteiger partial charge >= 0.3 is 5.97 Å². The molecule has 0 aliphatic heterocycles. The largest absolute Gasteiger partial charge is 0.477 e. The maximum Gasteiger partial charge on any atom is 0.352 e. The molecule has 0 fully saturated rings. The van der Waals surface area contributed by atoms with Gasteiger partial charge in [0.05, 0.1) is 0 Å². The summed E-state index contributed by atoms with van der Waals surface area (Å²) >= 11 is 0. The van der Waals surface area contributed by atoms with Crippen molar-refractivity contribution in [3.63, 3.8) is 0 Å². The number of nitrogens with one attached hydrogen (secondary N) is 1. The quantitative estimate of drug-likeness (QED) is 0.722. The number of carboxylic acid groups (broad SMARTS) is 1. The second-order valence-electron chi connectivity index (χ2n) is 3.32. The number of aromatic carboxylic acids is 1. The van der Waals surface area contributed by atoms with Crippen LogP contribution in [0.1, 0.15) is 29.9 Å². The van der Waals surface area contributed by atoms with Gasteiger partial charge in [0.2, 0.25) is 0 Å². The van der Waals surface area contributed by atoms with Crippen LogP contribution in [-0.2, 0) is 6.42 Å². The third-order valence-corrected chi connectivity index (χ3v) is 1.62. The van der Waals surface area contributed by atoms with E-state index in [4.69, 9.17) is 5.11 Å². The predicted octanol–water partition coefficient (Wildman–Crippen LogP) is 1.91. The Morgan fingerprint density at radius 1 is 1.67 bits per heavy atom. The third kappa shape index (κ3) is 2.12. The highest BCUT2D eigenvalue weighted by Gasteiger charge is 2.06. The van der Waals surface area contributed by atoms with Crippen molar-refractivity contribution in [3.8, 4) is 0 Å². The van der Waals surface area contributed by atoms with Gasteiger partial charge in [0.15, 0.2) is 0 Å². The molecule has 0 amide bonds. The fourth-order valence-corrected chi connectivity index (χ4v) is 1.15. The molecule has 12 heavy (non-hydrogen) atoms. The minimum atomic E-state index is -0.898. The number of hydrogen-bond acceptors (Lipinski definition) is 1. The first kappa shape index (κ1) is 8.84. The van der Waals surface area contributed by atoms with E-state index >= 15 is 0 Å². The summed E-state index contributed by atoms with van der Waals surface area (Å²) in [7, 11) is 0. The Morgan fingerprint density at radius 2 is 2.33 bits per heavy atom. The van der Waals surface area contributed by atoms with E-state index in [0.29, 0.717) is 5.92 Å². The number of aromatic nitrogens is 1. The van der Waals surface area contributed by atoms with Crippen LogP contribution in [0.5, 0.6) is 0 Å². The van der Waals surface area contributed by atoms with Crippen LogP contribution in [0.15, 0.2) is 12.3 Å². The number of hydrogen-bond donors (Lipinski definition) is 2. The monoisotopic (exact) mass is 167 g/mol. The van der Waals surface area contributed by atoms with Crippen LogP contribution in [-0.4, -0.2) is 16.1 Å². The maximum absolute atomic E-state index is 10.5. The molecule has 1 aromatic heterocycles. The molecule has 66 valence electrons. The molecule has 0 radical (unpaired) electrons. The lowest BCUT2D eigenvalue weighted by molar-refractivity contribution is 0.0691. The van der Waals surface area contributed by atoms with Crippen LogP contribution in [0.4, 0.5) is 0 Å². The predicted molar refractivity (Wildman–Crippen MR) is 46.3 cm³/mol. The second-order valence-corrected chi connectivity index (χ2v) is 3.32. The summed E-state index contributed by atoms with van der Waals surface area (Å²) < 4.78 is 0. The lowest BCUT2D eigenvalue weighted by Crippen LogP contribution is -1.95. The van der Waals surface area contributed by atoms with Gasteiger partial charge in [-0.05, 0) is 24.0 Å². The summed E-state index contributed by atoms with van der Waals surface area (Å²) in [5.41, 5.74) is 1.33. The van der Waals surface area contributed by atoms with E-state index in [0.717, 1.165) is 12.0 Å². The summed E-state index contributed by atoms with van der Waals surface area (Å²) in [6.07, 6.45) is 2.67. The zero-order valence-corrected chi connectivity index (χ0v) is 7.29. The highest BCUT2D eigenvalue weighted by molar-refractivity contribution is 5.85. The average Bonchev–Trinajstić information content (AvgIpc) is 2.34. The van der Waals surface area contributed by atoms with E-state index in [1.165, 1.54) is 0 Å². The lowest BCUT2D eigenvalue weighted by Gasteiger charge is -1.99. The van der Waals surface area contributed by atoms with Crippen molar-refractivity contribution < 1.29 is 9.90 Å². The smallest absolute Gasteiger partial charge is 0.352 e. The van der Waals surface area contributed by atoms with E-state index in [2.05, 4.69) is 18.8 Å². The SMILES string of the molecule is CC(C)Cc1c[nH]c(C(=O)O)c1. The zero-order valence-electron chi connectivity index (χ0n) is 7.29. The molecule has 0 atom stereocenters. The van der Waals surface area contributed by atoms with Gasteiger partial charge in [0.1, 0.15) is 5.69 Å². The average molecular weight is 167 g/mol. The minimum Gasteiger partial charge on any atom is -0.477 e. The van der Waals surface area contributed by atoms with Crippen LogP contribution in [0, 0.1) is 5.92 Å². The van der Waals surface area contributed by atoms with Gasteiger partial charge in [-0.1, -0.05) is 13.8 Å². The highest BCUT2D eigenvalue weighted by Crippen LogP contribution is 2.09. The van der Waals surface area contributed by atoms with Crippen molar-refractivity contribution in [3.05, 3.63) is 23.5 Å². The molecule has 0 aliphatic carbocycles. The molecule has 0 bridgehead atoms. The Hall–Kier alpha value is -1.25. The van der Waals surface area contributed by atoms with Gasteiger partial charge in [-0.15, -0.1) is 0 Å². The Bertz CT molecular complexity index is 276. The molecule has 2 N–H and O–H groups in total. The Morgan fingerprint density at radius 3 is 2.75 bits per heavy atom. The number of rotatable bonds is 3. The molecule has 1 heterocycles. The Kier molecular flexibility index (Phi) is 2.53. The lowest BCUT2D eigenvalue weighted by atomic mass is 10.1. The van der Waals surface area contributed by atoms with Crippen LogP contribution >= 0.6 is 0 Å². The topological polar surface area (TPSA) is 53.1 Å². The molecule has 0 spiro atoms. The van der Waals surface area contributed by atoms with E-state index < -0.39 is 5.97 Å². The minimum absolute atomic E-state index is 0.269. The molecular formula is C9H13NO2. The van der Waals surface area contributed by atoms with Crippen molar-refractivity contribution in [2.45, 2.75) is 20.3 Å². The standard InChI is InChI=1S/C9H13NO2/c1-6(2)3-7-4-8(9(11)12)10-5-7/h4-6,10H,3H2,1-2H3,(H,11,12). The van der Waals surface area contributed by atoms with Gasteiger partial charge in [-0.2, -0.15) is 0 Å². The molecule has 0 unspecified atom stereocenters. The van der Waals surface area contributed by atoms with Crippen molar-refractivity contribution in [2.24, 2.45) is 5.92 Å². The first-order chi connectivity index (χ1) is 5.59. The van der Waals surface area contributed by atoms with Crippen LogP contribution in [0.3, 0.4) is 0 Å². The third-order valence-electron chi connectivity index (χ3n) is 1.62. The molecule has 3 nitrogen and oxygen atoms in total. The molecule has 0 aromatic carbocycles. The van der Waals surface area contributed by atoms with Crippen LogP contribution < -0.4 is 0 Å². The van der Waals surface area contributed by atoms with Gasteiger partial charge < -0.3 is 10.1 Å². The summed E-state index contributed by atoms with van der Waals surface area (Å²) in [5, 5.41) is 8.60. The maximum atomic E-state index is 10.5. The fraction of sp³-hybridized carbons (Fsp3) is 0.444. The Labute approximate surface area is 71.4 Å². The van der Waals surface area contributed by atoms with Crippen LogP contribution in [0.25, 0.3) is 0 Å². The van der Waals surface area contributed by atoms with Crippen molar-refractivity contribution >= 4 is 5.97 Å². The van der Waals surface area contributed by atoms with Crippen molar-refractivity contribution in [1.82, 2.24) is 4.98 Å². The summed E-state index contributed by atoms with van der Waals surface area (Å²) in [6.45, 7) is 4.21. The number of carboxylic acids is 1. The summed E-state index contributed by atoms with van der Waals surface area (Å²) in [4.78, 5) is 13.2. The van der Waals surface area contributed by atoms with Crippen molar-refractivity contribution in [2.75, 3.05) is 0 Å². The zero-order chi connectivity index (χ0) is 9.14. The first-order valence-electron chi connectivity index (χ1n) is 4.00.